The zero-order valence-electron chi connectivity index (χ0n) is 24.2. The van der Waals surface area contributed by atoms with E-state index < -0.39 is 12.4 Å². The third kappa shape index (κ3) is 9.83. The number of hydrogen-bond acceptors (Lipinski definition) is 5. The highest BCUT2D eigenvalue weighted by Gasteiger charge is 2.47. The van der Waals surface area contributed by atoms with Gasteiger partial charge in [-0.2, -0.15) is 0 Å². The first-order chi connectivity index (χ1) is 19.7. The first kappa shape index (κ1) is 30.4. The van der Waals surface area contributed by atoms with Crippen molar-refractivity contribution in [2.75, 3.05) is 6.61 Å². The molecule has 0 saturated carbocycles. The molecule has 0 aromatic heterocycles. The van der Waals surface area contributed by atoms with Crippen molar-refractivity contribution in [1.82, 2.24) is 0 Å². The van der Waals surface area contributed by atoms with Gasteiger partial charge >= 0.3 is 0 Å². The van der Waals surface area contributed by atoms with Crippen molar-refractivity contribution in [3.63, 3.8) is 0 Å². The smallest absolute Gasteiger partial charge is 0.186 e. The van der Waals surface area contributed by atoms with Gasteiger partial charge in [0, 0.05) is 6.61 Å². The summed E-state index contributed by atoms with van der Waals surface area (Å²) in [6.45, 7) is 6.29. The molecule has 0 N–H and O–H groups in total. The van der Waals surface area contributed by atoms with Crippen LogP contribution < -0.4 is 0 Å². The molecule has 0 aliphatic carbocycles. The second-order valence-electron chi connectivity index (χ2n) is 10.6. The Bertz CT molecular complexity index is 1050. The second-order valence-corrected chi connectivity index (χ2v) is 10.6. The molecule has 3 aromatic carbocycles. The molecule has 216 valence electrons. The highest BCUT2D eigenvalue weighted by atomic mass is 16.7. The number of benzene rings is 3. The molecule has 5 nitrogen and oxygen atoms in total. The SMILES string of the molecule is CCCCCCCCOC1O[C@@H](C)[C@H](OCc2ccccc2)[C@@H](OCc2ccccc2)[C@H]1OCc1ccccc1. The molecule has 5 heteroatoms. The van der Waals surface area contributed by atoms with E-state index in [-0.39, 0.29) is 18.3 Å². The molecule has 1 fully saturated rings. The highest BCUT2D eigenvalue weighted by molar-refractivity contribution is 5.15. The summed E-state index contributed by atoms with van der Waals surface area (Å²) in [5.41, 5.74) is 3.31. The first-order valence-electron chi connectivity index (χ1n) is 15.0. The average Bonchev–Trinajstić information content (AvgIpc) is 3.00. The van der Waals surface area contributed by atoms with Gasteiger partial charge in [-0.1, -0.05) is 130 Å². The maximum atomic E-state index is 6.63. The molecule has 1 saturated heterocycles. The molecule has 1 aliphatic heterocycles. The van der Waals surface area contributed by atoms with Gasteiger partial charge in [0.1, 0.15) is 18.3 Å². The number of rotatable bonds is 17. The van der Waals surface area contributed by atoms with Crippen LogP contribution in [0.2, 0.25) is 0 Å². The van der Waals surface area contributed by atoms with Crippen LogP contribution in [-0.2, 0) is 43.5 Å². The molecule has 0 amide bonds. The number of hydrogen-bond donors (Lipinski definition) is 0. The molecule has 40 heavy (non-hydrogen) atoms. The van der Waals surface area contributed by atoms with Crippen LogP contribution in [0.1, 0.15) is 69.1 Å². The molecular weight excluding hydrogens is 500 g/mol. The Kier molecular flexibility index (Phi) is 13.2. The lowest BCUT2D eigenvalue weighted by Crippen LogP contribution is -2.60. The predicted octanol–water partition coefficient (Wildman–Crippen LogP) is 7.86. The largest absolute Gasteiger partial charge is 0.368 e. The van der Waals surface area contributed by atoms with Crippen LogP contribution >= 0.6 is 0 Å². The highest BCUT2D eigenvalue weighted by Crippen LogP contribution is 2.31. The van der Waals surface area contributed by atoms with Gasteiger partial charge in [-0.05, 0) is 30.0 Å². The Hall–Kier alpha value is -2.54. The molecule has 1 unspecified atom stereocenters. The van der Waals surface area contributed by atoms with E-state index in [1.54, 1.807) is 0 Å². The summed E-state index contributed by atoms with van der Waals surface area (Å²) in [5.74, 6) is 0. The van der Waals surface area contributed by atoms with Gasteiger partial charge in [0.15, 0.2) is 6.29 Å². The topological polar surface area (TPSA) is 46.2 Å². The van der Waals surface area contributed by atoms with Crippen LogP contribution in [0.3, 0.4) is 0 Å². The van der Waals surface area contributed by atoms with Crippen LogP contribution in [0.4, 0.5) is 0 Å². The Balaban J connectivity index is 1.49. The van der Waals surface area contributed by atoms with Crippen molar-refractivity contribution in [2.45, 2.75) is 103 Å². The number of unbranched alkanes of at least 4 members (excludes halogenated alkanes) is 5. The van der Waals surface area contributed by atoms with E-state index in [9.17, 15) is 0 Å². The van der Waals surface area contributed by atoms with Gasteiger partial charge in [-0.25, -0.2) is 0 Å². The lowest BCUT2D eigenvalue weighted by Gasteiger charge is -2.45. The second kappa shape index (κ2) is 17.3. The van der Waals surface area contributed by atoms with Crippen LogP contribution in [0.5, 0.6) is 0 Å². The Morgan fingerprint density at radius 3 is 1.50 bits per heavy atom. The minimum Gasteiger partial charge on any atom is -0.368 e. The molecule has 1 aliphatic rings. The van der Waals surface area contributed by atoms with Crippen molar-refractivity contribution < 1.29 is 23.7 Å². The molecule has 4 rings (SSSR count). The molecule has 0 spiro atoms. The van der Waals surface area contributed by atoms with Gasteiger partial charge < -0.3 is 23.7 Å². The maximum Gasteiger partial charge on any atom is 0.186 e. The third-order valence-corrected chi connectivity index (χ3v) is 7.36. The summed E-state index contributed by atoms with van der Waals surface area (Å²) in [6.07, 6.45) is 5.35. The quantitative estimate of drug-likeness (QED) is 0.161. The van der Waals surface area contributed by atoms with E-state index >= 15 is 0 Å². The number of ether oxygens (including phenoxy) is 5. The van der Waals surface area contributed by atoms with Crippen molar-refractivity contribution in [3.05, 3.63) is 108 Å². The minimum atomic E-state index is -0.535. The predicted molar refractivity (Wildman–Crippen MR) is 159 cm³/mol. The third-order valence-electron chi connectivity index (χ3n) is 7.36. The summed E-state index contributed by atoms with van der Waals surface area (Å²) in [6, 6.07) is 30.7. The van der Waals surface area contributed by atoms with Crippen LogP contribution in [0.15, 0.2) is 91.0 Å². The van der Waals surface area contributed by atoms with E-state index in [1.807, 2.05) is 61.5 Å². The normalized spacial score (nSPS) is 22.8. The van der Waals surface area contributed by atoms with Crippen molar-refractivity contribution in [2.24, 2.45) is 0 Å². The van der Waals surface area contributed by atoms with Crippen molar-refractivity contribution >= 4 is 0 Å². The fourth-order valence-electron chi connectivity index (χ4n) is 5.08. The Labute approximate surface area is 240 Å². The Morgan fingerprint density at radius 2 is 0.975 bits per heavy atom. The summed E-state index contributed by atoms with van der Waals surface area (Å²) in [5, 5.41) is 0. The summed E-state index contributed by atoms with van der Waals surface area (Å²) >= 11 is 0. The van der Waals surface area contributed by atoms with E-state index in [0.29, 0.717) is 26.4 Å². The van der Waals surface area contributed by atoms with Crippen LogP contribution in [0.25, 0.3) is 0 Å². The summed E-state index contributed by atoms with van der Waals surface area (Å²) in [4.78, 5) is 0. The minimum absolute atomic E-state index is 0.226. The average molecular weight is 547 g/mol. The monoisotopic (exact) mass is 546 g/mol. The molecule has 0 radical (unpaired) electrons. The van der Waals surface area contributed by atoms with Gasteiger partial charge in [0.25, 0.3) is 0 Å². The lowest BCUT2D eigenvalue weighted by molar-refractivity contribution is -0.320. The fraction of sp³-hybridized carbons (Fsp3) is 0.486. The van der Waals surface area contributed by atoms with Crippen molar-refractivity contribution in [1.29, 1.82) is 0 Å². The van der Waals surface area contributed by atoms with Crippen LogP contribution in [0, 0.1) is 0 Å². The Morgan fingerprint density at radius 1 is 0.525 bits per heavy atom. The zero-order chi connectivity index (χ0) is 27.8. The molecular formula is C35H46O5. The zero-order valence-corrected chi connectivity index (χ0v) is 24.2. The molecule has 1 heterocycles. The fourth-order valence-corrected chi connectivity index (χ4v) is 5.08. The van der Waals surface area contributed by atoms with Gasteiger partial charge in [-0.15, -0.1) is 0 Å². The first-order valence-corrected chi connectivity index (χ1v) is 15.0. The van der Waals surface area contributed by atoms with Gasteiger partial charge in [0.2, 0.25) is 0 Å². The van der Waals surface area contributed by atoms with Crippen molar-refractivity contribution in [3.8, 4) is 0 Å². The summed E-state index contributed by atoms with van der Waals surface area (Å²) < 4.78 is 32.5. The standard InChI is InChI=1S/C35H46O5/c1-3-4-5-6-7-17-24-36-35-34(39-27-31-22-15-10-16-23-31)33(38-26-30-20-13-9-14-21-30)32(28(2)40-35)37-25-29-18-11-8-12-19-29/h8-16,18-23,28,32-35H,3-7,17,24-27H2,1-2H3/t28-,32-,33+,34+,35?/m0/s1. The van der Waals surface area contributed by atoms with E-state index in [1.165, 1.54) is 25.7 Å². The summed E-state index contributed by atoms with van der Waals surface area (Å²) in [7, 11) is 0. The lowest BCUT2D eigenvalue weighted by atomic mass is 9.98. The van der Waals surface area contributed by atoms with Crippen LogP contribution in [-0.4, -0.2) is 37.3 Å². The molecule has 5 atom stereocenters. The molecule has 3 aromatic rings. The van der Waals surface area contributed by atoms with E-state index in [2.05, 4.69) is 43.3 Å². The van der Waals surface area contributed by atoms with E-state index in [4.69, 9.17) is 23.7 Å². The molecule has 0 bridgehead atoms. The van der Waals surface area contributed by atoms with E-state index in [0.717, 1.165) is 29.5 Å². The maximum absolute atomic E-state index is 6.63. The van der Waals surface area contributed by atoms with Gasteiger partial charge in [0.05, 0.1) is 25.9 Å². The van der Waals surface area contributed by atoms with Gasteiger partial charge in [-0.3, -0.25) is 0 Å².